The Morgan fingerprint density at radius 2 is 1.79 bits per heavy atom. The molecule has 34 heavy (non-hydrogen) atoms. The number of anilines is 1. The van der Waals surface area contributed by atoms with Crippen LogP contribution in [-0.2, 0) is 22.5 Å². The van der Waals surface area contributed by atoms with Crippen LogP contribution in [0.4, 0.5) is 5.69 Å². The second kappa shape index (κ2) is 10.4. The molecule has 0 fully saturated rings. The molecule has 4 aromatic rings. The van der Waals surface area contributed by atoms with Crippen molar-refractivity contribution in [1.82, 2.24) is 9.55 Å². The molecule has 1 amide bonds. The van der Waals surface area contributed by atoms with Gasteiger partial charge in [0.15, 0.2) is 0 Å². The van der Waals surface area contributed by atoms with Crippen molar-refractivity contribution in [1.29, 1.82) is 0 Å². The monoisotopic (exact) mass is 475 g/mol. The minimum Gasteiger partial charge on any atom is -0.462 e. The van der Waals surface area contributed by atoms with Gasteiger partial charge < -0.3 is 10.1 Å². The van der Waals surface area contributed by atoms with E-state index in [0.717, 1.165) is 24.0 Å². The molecule has 0 spiro atoms. The third-order valence-electron chi connectivity index (χ3n) is 5.39. The highest BCUT2D eigenvalue weighted by atomic mass is 32.1. The minimum atomic E-state index is -0.401. The first-order valence-corrected chi connectivity index (χ1v) is 12.0. The van der Waals surface area contributed by atoms with Crippen LogP contribution in [0.15, 0.2) is 65.0 Å². The lowest BCUT2D eigenvalue weighted by atomic mass is 10.0. The van der Waals surface area contributed by atoms with Crippen molar-refractivity contribution < 1.29 is 14.3 Å². The number of carbonyl (C=O) groups is 2. The van der Waals surface area contributed by atoms with Crippen molar-refractivity contribution in [3.05, 3.63) is 81.7 Å². The van der Waals surface area contributed by atoms with Crippen molar-refractivity contribution in [2.75, 3.05) is 11.9 Å². The van der Waals surface area contributed by atoms with E-state index in [1.165, 1.54) is 27.8 Å². The fraction of sp³-hybridized carbons (Fsp3) is 0.231. The minimum absolute atomic E-state index is 0.174. The second-order valence-corrected chi connectivity index (χ2v) is 8.68. The van der Waals surface area contributed by atoms with Gasteiger partial charge in [0.05, 0.1) is 23.9 Å². The predicted octanol–water partition coefficient (Wildman–Crippen LogP) is 4.89. The van der Waals surface area contributed by atoms with Crippen molar-refractivity contribution in [3.63, 3.8) is 0 Å². The summed E-state index contributed by atoms with van der Waals surface area (Å²) in [5.41, 5.74) is 3.66. The zero-order valence-corrected chi connectivity index (χ0v) is 19.9. The summed E-state index contributed by atoms with van der Waals surface area (Å²) in [4.78, 5) is 42.7. The average Bonchev–Trinajstić information content (AvgIpc) is 3.29. The van der Waals surface area contributed by atoms with E-state index in [1.54, 1.807) is 24.3 Å². The highest BCUT2D eigenvalue weighted by Gasteiger charge is 2.15. The highest BCUT2D eigenvalue weighted by molar-refractivity contribution is 7.17. The maximum atomic E-state index is 13.2. The molecule has 2 aromatic carbocycles. The Morgan fingerprint density at radius 1 is 1.06 bits per heavy atom. The lowest BCUT2D eigenvalue weighted by molar-refractivity contribution is -0.116. The van der Waals surface area contributed by atoms with Gasteiger partial charge in [-0.15, -0.1) is 11.3 Å². The fourth-order valence-electron chi connectivity index (χ4n) is 3.54. The van der Waals surface area contributed by atoms with E-state index in [-0.39, 0.29) is 18.0 Å². The van der Waals surface area contributed by atoms with E-state index in [9.17, 15) is 14.4 Å². The van der Waals surface area contributed by atoms with Gasteiger partial charge in [-0.05, 0) is 48.2 Å². The lowest BCUT2D eigenvalue weighted by Crippen LogP contribution is -2.27. The Morgan fingerprint density at radius 3 is 2.47 bits per heavy atom. The van der Waals surface area contributed by atoms with Gasteiger partial charge in [0.1, 0.15) is 11.4 Å². The number of hydrogen-bond donors (Lipinski definition) is 1. The SMILES string of the molecule is CCCOC(=O)c1ccc(NC(=O)Cn2cnc3scc(-c4ccc(CC)cc4)c3c2=O)cc1. The smallest absolute Gasteiger partial charge is 0.338 e. The number of ether oxygens (including phenoxy) is 1. The molecule has 0 atom stereocenters. The Hall–Kier alpha value is -3.78. The van der Waals surface area contributed by atoms with Gasteiger partial charge in [-0.1, -0.05) is 38.1 Å². The van der Waals surface area contributed by atoms with Crippen LogP contribution in [0.3, 0.4) is 0 Å². The molecule has 4 rings (SSSR count). The summed E-state index contributed by atoms with van der Waals surface area (Å²) < 4.78 is 6.41. The summed E-state index contributed by atoms with van der Waals surface area (Å²) in [5.74, 6) is -0.768. The Labute approximate surface area is 201 Å². The molecule has 0 saturated heterocycles. The van der Waals surface area contributed by atoms with Gasteiger partial charge in [0, 0.05) is 16.6 Å². The van der Waals surface area contributed by atoms with Crippen molar-refractivity contribution in [2.24, 2.45) is 0 Å². The van der Waals surface area contributed by atoms with Gasteiger partial charge in [0.25, 0.3) is 5.56 Å². The molecule has 0 radical (unpaired) electrons. The third kappa shape index (κ3) is 5.07. The number of esters is 1. The summed E-state index contributed by atoms with van der Waals surface area (Å²) in [7, 11) is 0. The lowest BCUT2D eigenvalue weighted by Gasteiger charge is -2.09. The summed E-state index contributed by atoms with van der Waals surface area (Å²) >= 11 is 1.41. The number of carbonyl (C=O) groups excluding carboxylic acids is 2. The molecule has 0 unspecified atom stereocenters. The number of nitrogens with zero attached hydrogens (tertiary/aromatic N) is 2. The molecular formula is C26H25N3O4S. The fourth-order valence-corrected chi connectivity index (χ4v) is 4.44. The number of amides is 1. The number of fused-ring (bicyclic) bond motifs is 1. The second-order valence-electron chi connectivity index (χ2n) is 7.82. The van der Waals surface area contributed by atoms with Gasteiger partial charge in [-0.25, -0.2) is 9.78 Å². The van der Waals surface area contributed by atoms with Crippen molar-refractivity contribution >= 4 is 39.1 Å². The van der Waals surface area contributed by atoms with Gasteiger partial charge in [-0.2, -0.15) is 0 Å². The first kappa shape index (κ1) is 23.4. The first-order valence-electron chi connectivity index (χ1n) is 11.1. The molecule has 1 N–H and O–H groups in total. The normalized spacial score (nSPS) is 10.9. The van der Waals surface area contributed by atoms with Gasteiger partial charge in [-0.3, -0.25) is 14.2 Å². The van der Waals surface area contributed by atoms with Crippen LogP contribution in [0.2, 0.25) is 0 Å². The summed E-state index contributed by atoms with van der Waals surface area (Å²) in [6.45, 7) is 4.21. The largest absolute Gasteiger partial charge is 0.462 e. The Kier molecular flexibility index (Phi) is 7.18. The summed E-state index contributed by atoms with van der Waals surface area (Å²) in [6.07, 6.45) is 3.09. The average molecular weight is 476 g/mol. The summed E-state index contributed by atoms with van der Waals surface area (Å²) in [5, 5.41) is 5.19. The molecule has 0 saturated carbocycles. The molecule has 174 valence electrons. The number of rotatable bonds is 8. The number of nitrogens with one attached hydrogen (secondary N) is 1. The van der Waals surface area contributed by atoms with Crippen LogP contribution < -0.4 is 10.9 Å². The topological polar surface area (TPSA) is 90.3 Å². The number of aromatic nitrogens is 2. The van der Waals surface area contributed by atoms with Crippen LogP contribution in [0.1, 0.15) is 36.2 Å². The molecule has 2 aromatic heterocycles. The van der Waals surface area contributed by atoms with E-state index in [2.05, 4.69) is 29.4 Å². The summed E-state index contributed by atoms with van der Waals surface area (Å²) in [6, 6.07) is 14.6. The van der Waals surface area contributed by atoms with Crippen LogP contribution in [0.5, 0.6) is 0 Å². The predicted molar refractivity (Wildman–Crippen MR) is 134 cm³/mol. The zero-order chi connectivity index (χ0) is 24.1. The van der Waals surface area contributed by atoms with Crippen molar-refractivity contribution in [2.45, 2.75) is 33.2 Å². The Balaban J connectivity index is 1.51. The Bertz CT molecular complexity index is 1370. The molecule has 0 aliphatic carbocycles. The van der Waals surface area contributed by atoms with Crippen molar-refractivity contribution in [3.8, 4) is 11.1 Å². The number of thiophene rings is 1. The maximum absolute atomic E-state index is 13.2. The number of aryl methyl sites for hydroxylation is 1. The van der Waals surface area contributed by atoms with E-state index in [1.807, 2.05) is 24.4 Å². The molecule has 0 aliphatic heterocycles. The van der Waals surface area contributed by atoms with Crippen LogP contribution >= 0.6 is 11.3 Å². The molecular weight excluding hydrogens is 450 g/mol. The zero-order valence-electron chi connectivity index (χ0n) is 19.0. The van der Waals surface area contributed by atoms with Crippen LogP contribution in [0.25, 0.3) is 21.3 Å². The van der Waals surface area contributed by atoms with Gasteiger partial charge >= 0.3 is 5.97 Å². The third-order valence-corrected chi connectivity index (χ3v) is 6.28. The highest BCUT2D eigenvalue weighted by Crippen LogP contribution is 2.30. The molecule has 0 aliphatic rings. The molecule has 2 heterocycles. The molecule has 0 bridgehead atoms. The van der Waals surface area contributed by atoms with E-state index < -0.39 is 5.97 Å². The van der Waals surface area contributed by atoms with E-state index in [4.69, 9.17) is 4.74 Å². The maximum Gasteiger partial charge on any atom is 0.338 e. The van der Waals surface area contributed by atoms with Crippen LogP contribution in [-0.4, -0.2) is 28.0 Å². The van der Waals surface area contributed by atoms with Gasteiger partial charge in [0.2, 0.25) is 5.91 Å². The first-order chi connectivity index (χ1) is 16.5. The standard InChI is InChI=1S/C26H25N3O4S/c1-3-13-33-26(32)19-9-11-20(12-10-19)28-22(30)14-29-16-27-24-23(25(29)31)21(15-34-24)18-7-5-17(4-2)6-8-18/h5-12,15-16H,3-4,13-14H2,1-2H3,(H,28,30). The van der Waals surface area contributed by atoms with Crippen LogP contribution in [0, 0.1) is 0 Å². The number of hydrogen-bond acceptors (Lipinski definition) is 6. The number of benzene rings is 2. The molecule has 8 heteroatoms. The van der Waals surface area contributed by atoms with E-state index >= 15 is 0 Å². The molecule has 7 nitrogen and oxygen atoms in total. The quantitative estimate of drug-likeness (QED) is 0.366. The van der Waals surface area contributed by atoms with E-state index in [0.29, 0.717) is 28.1 Å².